The Morgan fingerprint density at radius 1 is 1.05 bits per heavy atom. The number of amides is 1. The van der Waals surface area contributed by atoms with E-state index in [1.807, 2.05) is 30.0 Å². The van der Waals surface area contributed by atoms with Crippen LogP contribution in [0.1, 0.15) is 59.2 Å². The predicted octanol–water partition coefficient (Wildman–Crippen LogP) is 6.06. The molecule has 1 N–H and O–H groups in total. The van der Waals surface area contributed by atoms with E-state index in [1.54, 1.807) is 11.3 Å². The van der Waals surface area contributed by atoms with E-state index in [9.17, 15) is 4.79 Å². The number of aryl methyl sites for hydroxylation is 2. The number of thiazole rings is 1. The van der Waals surface area contributed by atoms with Crippen LogP contribution in [0.3, 0.4) is 0 Å². The van der Waals surface area contributed by atoms with Gasteiger partial charge in [0.05, 0.1) is 12.3 Å². The van der Waals surface area contributed by atoms with Crippen LogP contribution < -0.4 is 9.64 Å². The first kappa shape index (κ1) is 28.2. The highest BCUT2D eigenvalue weighted by atomic mass is 32.1. The third-order valence-corrected chi connectivity index (χ3v) is 10.1. The van der Waals surface area contributed by atoms with Crippen LogP contribution in [0.25, 0.3) is 11.3 Å². The van der Waals surface area contributed by atoms with Gasteiger partial charge in [-0.15, -0.1) is 11.3 Å². The van der Waals surface area contributed by atoms with E-state index in [1.165, 1.54) is 24.8 Å². The lowest BCUT2D eigenvalue weighted by Gasteiger charge is -2.37. The molecule has 1 amide bonds. The van der Waals surface area contributed by atoms with Crippen LogP contribution in [0, 0.1) is 31.6 Å². The quantitative estimate of drug-likeness (QED) is 0.313. The number of hydrogen-bond acceptors (Lipinski definition) is 7. The Morgan fingerprint density at radius 3 is 2.56 bits per heavy atom. The number of nitrogens with zero attached hydrogens (tertiary/aromatic N) is 3. The molecule has 218 valence electrons. The second kappa shape index (κ2) is 12.5. The van der Waals surface area contributed by atoms with Crippen LogP contribution in [0.5, 0.6) is 5.75 Å². The number of ether oxygens (including phenoxy) is 2. The predicted molar refractivity (Wildman–Crippen MR) is 163 cm³/mol. The second-order valence-corrected chi connectivity index (χ2v) is 12.8. The lowest BCUT2D eigenvalue weighted by molar-refractivity contribution is -0.0315. The van der Waals surface area contributed by atoms with Gasteiger partial charge in [-0.3, -0.25) is 4.79 Å². The van der Waals surface area contributed by atoms with E-state index in [0.717, 1.165) is 77.8 Å². The van der Waals surface area contributed by atoms with E-state index < -0.39 is 0 Å². The Morgan fingerprint density at radius 2 is 1.83 bits per heavy atom. The summed E-state index contributed by atoms with van der Waals surface area (Å²) in [5, 5.41) is 12.3. The molecular formula is C33H41N3O4S. The summed E-state index contributed by atoms with van der Waals surface area (Å²) in [5.41, 5.74) is 5.96. The Kier molecular flexibility index (Phi) is 8.60. The smallest absolute Gasteiger partial charge is 0.254 e. The highest BCUT2D eigenvalue weighted by molar-refractivity contribution is 7.14. The average Bonchev–Trinajstić information content (AvgIpc) is 3.57. The average molecular weight is 576 g/mol. The lowest BCUT2D eigenvalue weighted by Crippen LogP contribution is -2.43. The van der Waals surface area contributed by atoms with Gasteiger partial charge in [0.2, 0.25) is 0 Å². The van der Waals surface area contributed by atoms with Crippen LogP contribution >= 0.6 is 11.3 Å². The molecule has 3 fully saturated rings. The molecule has 0 radical (unpaired) electrons. The molecule has 2 bridgehead atoms. The molecule has 1 unspecified atom stereocenters. The summed E-state index contributed by atoms with van der Waals surface area (Å²) in [7, 11) is 0. The molecule has 1 aliphatic carbocycles. The van der Waals surface area contributed by atoms with Gasteiger partial charge >= 0.3 is 0 Å². The summed E-state index contributed by atoms with van der Waals surface area (Å²) in [5.74, 6) is 2.69. The minimum absolute atomic E-state index is 0.144. The molecule has 41 heavy (non-hydrogen) atoms. The van der Waals surface area contributed by atoms with Crippen molar-refractivity contribution in [3.63, 3.8) is 0 Å². The van der Waals surface area contributed by atoms with Crippen molar-refractivity contribution in [3.8, 4) is 17.0 Å². The summed E-state index contributed by atoms with van der Waals surface area (Å²) >= 11 is 1.70. The summed E-state index contributed by atoms with van der Waals surface area (Å²) in [6, 6.07) is 12.3. The van der Waals surface area contributed by atoms with Crippen LogP contribution in [0.4, 0.5) is 5.13 Å². The minimum Gasteiger partial charge on any atom is -0.488 e. The van der Waals surface area contributed by atoms with Gasteiger partial charge in [-0.25, -0.2) is 4.98 Å². The minimum atomic E-state index is -0.195. The van der Waals surface area contributed by atoms with Crippen molar-refractivity contribution in [3.05, 3.63) is 64.0 Å². The molecule has 2 aromatic carbocycles. The van der Waals surface area contributed by atoms with Crippen molar-refractivity contribution in [1.82, 2.24) is 9.88 Å². The fourth-order valence-electron chi connectivity index (χ4n) is 6.94. The number of aliphatic hydroxyl groups is 1. The Balaban J connectivity index is 1.14. The van der Waals surface area contributed by atoms with Crippen molar-refractivity contribution < 1.29 is 19.4 Å². The molecule has 1 aromatic heterocycles. The van der Waals surface area contributed by atoms with Crippen molar-refractivity contribution in [2.75, 3.05) is 44.5 Å². The highest BCUT2D eigenvalue weighted by Crippen LogP contribution is 2.44. The van der Waals surface area contributed by atoms with Crippen molar-refractivity contribution >= 4 is 22.4 Å². The molecule has 3 heterocycles. The third kappa shape index (κ3) is 6.15. The third-order valence-electron chi connectivity index (χ3n) is 9.16. The first-order valence-corrected chi connectivity index (χ1v) is 15.9. The summed E-state index contributed by atoms with van der Waals surface area (Å²) < 4.78 is 11.8. The monoisotopic (exact) mass is 575 g/mol. The number of anilines is 1. The molecule has 0 spiro atoms. The van der Waals surface area contributed by atoms with Gasteiger partial charge in [-0.05, 0) is 93.0 Å². The zero-order chi connectivity index (χ0) is 28.3. The Hall–Kier alpha value is -2.94. The van der Waals surface area contributed by atoms with Gasteiger partial charge in [0.25, 0.3) is 5.91 Å². The van der Waals surface area contributed by atoms with E-state index in [-0.39, 0.29) is 12.7 Å². The van der Waals surface area contributed by atoms with Gasteiger partial charge < -0.3 is 24.4 Å². The SMILES string of the molecule is Cc1ccc(OCc2ccc(C(=O)N3CCCCC3)c(C)c2)c(-c2csc(N3C[C@H]4CC[C@@H](C3)C4COCO)n2)c1. The van der Waals surface area contributed by atoms with Crippen LogP contribution in [0.2, 0.25) is 0 Å². The second-order valence-electron chi connectivity index (χ2n) is 12.0. The normalized spacial score (nSPS) is 22.3. The molecule has 3 atom stereocenters. The fraction of sp³-hybridized carbons (Fsp3) is 0.515. The molecule has 6 rings (SSSR count). The van der Waals surface area contributed by atoms with Crippen molar-refractivity contribution in [2.24, 2.45) is 17.8 Å². The number of likely N-dealkylation sites (tertiary alicyclic amines) is 1. The number of aromatic nitrogens is 1. The topological polar surface area (TPSA) is 75.1 Å². The Labute approximate surface area is 247 Å². The van der Waals surface area contributed by atoms with Crippen LogP contribution in [-0.4, -0.2) is 60.5 Å². The molecule has 8 heteroatoms. The number of piperidine rings is 2. The number of benzene rings is 2. The number of rotatable bonds is 9. The van der Waals surface area contributed by atoms with E-state index in [4.69, 9.17) is 19.6 Å². The molecule has 3 aliphatic rings. The first-order valence-electron chi connectivity index (χ1n) is 15.0. The van der Waals surface area contributed by atoms with Crippen molar-refractivity contribution in [1.29, 1.82) is 0 Å². The van der Waals surface area contributed by atoms with Gasteiger partial charge in [0.1, 0.15) is 19.1 Å². The highest BCUT2D eigenvalue weighted by Gasteiger charge is 2.42. The van der Waals surface area contributed by atoms with Gasteiger partial charge in [0, 0.05) is 42.7 Å². The fourth-order valence-corrected chi connectivity index (χ4v) is 7.79. The van der Waals surface area contributed by atoms with Crippen LogP contribution in [0.15, 0.2) is 41.8 Å². The first-order chi connectivity index (χ1) is 20.0. The zero-order valence-electron chi connectivity index (χ0n) is 24.2. The molecule has 3 aromatic rings. The lowest BCUT2D eigenvalue weighted by atomic mass is 9.86. The van der Waals surface area contributed by atoms with Gasteiger partial charge in [0.15, 0.2) is 5.13 Å². The van der Waals surface area contributed by atoms with E-state index in [0.29, 0.717) is 31.0 Å². The molecular weight excluding hydrogens is 534 g/mol. The maximum atomic E-state index is 13.0. The number of hydrogen-bond donors (Lipinski definition) is 1. The number of carbonyl (C=O) groups is 1. The summed E-state index contributed by atoms with van der Waals surface area (Å²) in [4.78, 5) is 22.5. The number of carbonyl (C=O) groups excluding carboxylic acids is 1. The molecule has 2 aliphatic heterocycles. The Bertz CT molecular complexity index is 1350. The van der Waals surface area contributed by atoms with E-state index in [2.05, 4.69) is 35.4 Å². The molecule has 7 nitrogen and oxygen atoms in total. The zero-order valence-corrected chi connectivity index (χ0v) is 25.0. The standard InChI is InChI=1S/C33H41N3O4S/c1-22-6-11-31(40-18-24-7-10-27(23(2)15-24)32(38)35-12-4-3-5-13-35)28(14-22)30-20-41-33(34-30)36-16-25-8-9-26(17-36)29(25)19-39-21-37/h6-7,10-11,14-15,20,25-26,29,37H,3-5,8-9,12-13,16-19,21H2,1-2H3/t25-,26+,29?. The molecule has 1 saturated carbocycles. The molecule has 2 saturated heterocycles. The van der Waals surface area contributed by atoms with Crippen molar-refractivity contribution in [2.45, 2.75) is 52.6 Å². The van der Waals surface area contributed by atoms with Gasteiger partial charge in [-0.2, -0.15) is 0 Å². The summed E-state index contributed by atoms with van der Waals surface area (Å²) in [6.07, 6.45) is 5.85. The maximum Gasteiger partial charge on any atom is 0.254 e. The van der Waals surface area contributed by atoms with Gasteiger partial charge in [-0.1, -0.05) is 23.8 Å². The van der Waals surface area contributed by atoms with E-state index >= 15 is 0 Å². The number of aliphatic hydroxyl groups excluding tert-OH is 1. The number of fused-ring (bicyclic) bond motifs is 2. The summed E-state index contributed by atoms with van der Waals surface area (Å²) in [6.45, 7) is 8.71. The maximum absolute atomic E-state index is 13.0. The largest absolute Gasteiger partial charge is 0.488 e. The van der Waals surface area contributed by atoms with Crippen LogP contribution in [-0.2, 0) is 11.3 Å².